The molecule has 0 aromatic heterocycles. The van der Waals surface area contributed by atoms with Crippen molar-refractivity contribution < 1.29 is 0 Å². The lowest BCUT2D eigenvalue weighted by Crippen LogP contribution is -2.17. The Labute approximate surface area is 532 Å². The number of hydrogen-bond donors (Lipinski definition) is 0. The molecule has 0 fully saturated rings. The molecule has 0 spiro atoms. The third-order valence-electron chi connectivity index (χ3n) is 16.8. The number of rotatable bonds is 17. The van der Waals surface area contributed by atoms with Crippen LogP contribution in [0.4, 0.5) is 85.3 Å². The van der Waals surface area contributed by atoms with Gasteiger partial charge in [-0.15, -0.1) is 0 Å². The van der Waals surface area contributed by atoms with Crippen molar-refractivity contribution in [2.24, 2.45) is 0 Å². The topological polar surface area (TPSA) is 16.2 Å². The normalized spacial score (nSPS) is 11.1. The smallest absolute Gasteiger partial charge is 0.0503 e. The monoisotopic (exact) mass is 1170 g/mol. The van der Waals surface area contributed by atoms with Crippen LogP contribution >= 0.6 is 0 Å². The van der Waals surface area contributed by atoms with E-state index in [0.717, 1.165) is 90.9 Å². The zero-order valence-electron chi connectivity index (χ0n) is 50.1. The highest BCUT2D eigenvalue weighted by Crippen LogP contribution is 2.51. The summed E-state index contributed by atoms with van der Waals surface area (Å²) in [7, 11) is 0. The molecule has 0 radical (unpaired) electrons. The summed E-state index contributed by atoms with van der Waals surface area (Å²) in [6.45, 7) is 0. The molecule has 0 N–H and O–H groups in total. The van der Waals surface area contributed by atoms with E-state index < -0.39 is 0 Å². The first-order valence-electron chi connectivity index (χ1n) is 31.0. The van der Waals surface area contributed by atoms with Crippen LogP contribution in [0.3, 0.4) is 0 Å². The highest BCUT2D eigenvalue weighted by molar-refractivity contribution is 6.21. The van der Waals surface area contributed by atoms with E-state index in [1.165, 1.54) is 38.2 Å². The molecule has 5 heteroatoms. The predicted octanol–water partition coefficient (Wildman–Crippen LogP) is 24.7. The minimum Gasteiger partial charge on any atom is -0.310 e. The van der Waals surface area contributed by atoms with Crippen molar-refractivity contribution in [2.75, 3.05) is 24.5 Å². The van der Waals surface area contributed by atoms with Crippen molar-refractivity contribution in [2.45, 2.75) is 0 Å². The molecule has 432 valence electrons. The maximum atomic E-state index is 2.43. The summed E-state index contributed by atoms with van der Waals surface area (Å²) >= 11 is 0. The third kappa shape index (κ3) is 11.2. The van der Waals surface area contributed by atoms with E-state index in [-0.39, 0.29) is 0 Å². The Morgan fingerprint density at radius 2 is 0.297 bits per heavy atom. The number of hydrogen-bond acceptors (Lipinski definition) is 5. The van der Waals surface area contributed by atoms with Gasteiger partial charge >= 0.3 is 0 Å². The first-order valence-corrected chi connectivity index (χ1v) is 31.0. The average Bonchev–Trinajstić information content (AvgIpc) is 1.31. The van der Waals surface area contributed by atoms with Gasteiger partial charge in [0, 0.05) is 68.2 Å². The summed E-state index contributed by atoms with van der Waals surface area (Å²) in [6.07, 6.45) is 0. The second-order valence-electron chi connectivity index (χ2n) is 22.5. The highest BCUT2D eigenvalue weighted by atomic mass is 15.2. The van der Waals surface area contributed by atoms with E-state index in [9.17, 15) is 0 Å². The fourth-order valence-corrected chi connectivity index (χ4v) is 12.9. The molecule has 0 amide bonds. The largest absolute Gasteiger partial charge is 0.310 e. The lowest BCUT2D eigenvalue weighted by atomic mass is 9.85. The molecule has 15 aromatic rings. The molecule has 5 nitrogen and oxygen atoms in total. The van der Waals surface area contributed by atoms with E-state index in [4.69, 9.17) is 0 Å². The second kappa shape index (κ2) is 25.3. The van der Waals surface area contributed by atoms with Crippen LogP contribution in [0.2, 0.25) is 0 Å². The van der Waals surface area contributed by atoms with Gasteiger partial charge in [-0.25, -0.2) is 0 Å². The molecule has 0 aliphatic carbocycles. The van der Waals surface area contributed by atoms with Gasteiger partial charge < -0.3 is 24.5 Å². The number of benzene rings is 15. The van der Waals surface area contributed by atoms with E-state index in [0.29, 0.717) is 0 Å². The zero-order chi connectivity index (χ0) is 60.7. The Balaban J connectivity index is 0.983. The molecule has 15 aromatic carbocycles. The van der Waals surface area contributed by atoms with Gasteiger partial charge in [-0.2, -0.15) is 0 Å². The second-order valence-corrected chi connectivity index (χ2v) is 22.5. The summed E-state index contributed by atoms with van der Waals surface area (Å²) in [5, 5.41) is 4.76. The molecule has 0 aliphatic heterocycles. The van der Waals surface area contributed by atoms with Crippen LogP contribution in [0.15, 0.2) is 382 Å². The molecular formula is C86H63N5. The van der Waals surface area contributed by atoms with Crippen molar-refractivity contribution in [1.82, 2.24) is 0 Å². The molecule has 0 saturated carbocycles. The van der Waals surface area contributed by atoms with E-state index in [2.05, 4.69) is 407 Å². The highest BCUT2D eigenvalue weighted by Gasteiger charge is 2.26. The van der Waals surface area contributed by atoms with Gasteiger partial charge in [0.1, 0.15) is 0 Å². The maximum Gasteiger partial charge on any atom is 0.0503 e. The maximum absolute atomic E-state index is 2.43. The van der Waals surface area contributed by atoms with Crippen LogP contribution in [0.25, 0.3) is 43.8 Å². The van der Waals surface area contributed by atoms with Crippen molar-refractivity contribution in [1.29, 1.82) is 0 Å². The summed E-state index contributed by atoms with van der Waals surface area (Å²) in [5.74, 6) is 0. The summed E-state index contributed by atoms with van der Waals surface area (Å²) < 4.78 is 0. The van der Waals surface area contributed by atoms with E-state index in [1.54, 1.807) is 0 Å². The summed E-state index contributed by atoms with van der Waals surface area (Å²) in [6, 6.07) is 138. The number of anilines is 15. The van der Waals surface area contributed by atoms with Gasteiger partial charge in [0.05, 0.1) is 17.1 Å². The quantitative estimate of drug-likeness (QED) is 0.0842. The fourth-order valence-electron chi connectivity index (χ4n) is 12.9. The first kappa shape index (κ1) is 55.4. The number of para-hydroxylation sites is 8. The van der Waals surface area contributed by atoms with Crippen molar-refractivity contribution >= 4 is 107 Å². The minimum atomic E-state index is 0.971. The van der Waals surface area contributed by atoms with Gasteiger partial charge in [-0.05, 0) is 195 Å². The van der Waals surface area contributed by atoms with Gasteiger partial charge in [0.15, 0.2) is 0 Å². The standard InChI is InChI=1S/C86H63N5/c1-10-33-64(34-11-1)85-81-53-28-30-55-83(81)86(84-56-31-29-54-82(84)85)65-57-76(87(66-35-12-2-13-36-66)67-37-14-3-15-38-67)60-77(58-65)90(72-47-24-8-25-48-72)74-51-32-52-75(59-74)91(73-49-26-9-27-50-73)80-62-78(88(68-39-16-4-17-40-68)69-41-18-5-19-42-69)61-79(63-80)89(70-43-20-6-21-44-70)71-45-22-7-23-46-71/h1-63H. The Morgan fingerprint density at radius 3 is 0.549 bits per heavy atom. The summed E-state index contributed by atoms with van der Waals surface area (Å²) in [4.78, 5) is 11.9. The van der Waals surface area contributed by atoms with E-state index >= 15 is 0 Å². The number of fused-ring (bicyclic) bond motifs is 2. The van der Waals surface area contributed by atoms with E-state index in [1.807, 2.05) is 0 Å². The van der Waals surface area contributed by atoms with Gasteiger partial charge in [0.2, 0.25) is 0 Å². The molecule has 91 heavy (non-hydrogen) atoms. The molecule has 0 bridgehead atoms. The molecule has 0 aliphatic rings. The lowest BCUT2D eigenvalue weighted by Gasteiger charge is -2.33. The van der Waals surface area contributed by atoms with Crippen molar-refractivity contribution in [3.63, 3.8) is 0 Å². The molecule has 0 atom stereocenters. The average molecular weight is 1170 g/mol. The van der Waals surface area contributed by atoms with Crippen LogP contribution in [0.5, 0.6) is 0 Å². The van der Waals surface area contributed by atoms with Gasteiger partial charge in [-0.1, -0.05) is 231 Å². The van der Waals surface area contributed by atoms with Crippen LogP contribution < -0.4 is 24.5 Å². The zero-order valence-corrected chi connectivity index (χ0v) is 50.1. The Bertz CT molecular complexity index is 4650. The predicted molar refractivity (Wildman–Crippen MR) is 386 cm³/mol. The number of nitrogens with zero attached hydrogens (tertiary/aromatic N) is 5. The van der Waals surface area contributed by atoms with Crippen LogP contribution in [0, 0.1) is 0 Å². The van der Waals surface area contributed by atoms with Crippen molar-refractivity contribution in [3.8, 4) is 22.3 Å². The fraction of sp³-hybridized carbons (Fsp3) is 0. The molecule has 0 saturated heterocycles. The Morgan fingerprint density at radius 1 is 0.121 bits per heavy atom. The molecular weight excluding hydrogens is 1100 g/mol. The third-order valence-corrected chi connectivity index (χ3v) is 16.8. The first-order chi connectivity index (χ1) is 45.2. The van der Waals surface area contributed by atoms with Crippen LogP contribution in [-0.2, 0) is 0 Å². The van der Waals surface area contributed by atoms with Crippen LogP contribution in [0.1, 0.15) is 0 Å². The van der Waals surface area contributed by atoms with Gasteiger partial charge in [0.25, 0.3) is 0 Å². The SMILES string of the molecule is c1ccc(-c2c3ccccc3c(-c3cc(N(c4ccccc4)c4ccccc4)cc(N(c4ccccc4)c4cccc(N(c5ccccc5)c5cc(N(c6ccccc6)c6ccccc6)cc(N(c6ccccc6)c6ccccc6)c5)c4)c3)c3ccccc23)cc1. The Hall–Kier alpha value is -12.2. The summed E-state index contributed by atoms with van der Waals surface area (Å²) in [5.41, 5.74) is 19.9. The molecule has 0 unspecified atom stereocenters. The van der Waals surface area contributed by atoms with Gasteiger partial charge in [-0.3, -0.25) is 0 Å². The van der Waals surface area contributed by atoms with Crippen LogP contribution in [-0.4, -0.2) is 0 Å². The van der Waals surface area contributed by atoms with Crippen molar-refractivity contribution in [3.05, 3.63) is 382 Å². The molecule has 15 rings (SSSR count). The minimum absolute atomic E-state index is 0.971. The molecule has 0 heterocycles. The Kier molecular flexibility index (Phi) is 15.4. The lowest BCUT2D eigenvalue weighted by molar-refractivity contribution is 1.21.